The lowest BCUT2D eigenvalue weighted by Crippen LogP contribution is -1.89. The molecule has 114 valence electrons. The Kier molecular flexibility index (Phi) is 3.12. The number of nitrogens with two attached hydrogens (primary N) is 1. The molecule has 6 heteroatoms. The van der Waals surface area contributed by atoms with Crippen LogP contribution in [0.1, 0.15) is 5.56 Å². The molecule has 3 aromatic heterocycles. The third-order valence-electron chi connectivity index (χ3n) is 3.73. The molecule has 0 radical (unpaired) electrons. The van der Waals surface area contributed by atoms with Crippen LogP contribution in [0.5, 0.6) is 0 Å². The second kappa shape index (κ2) is 5.17. The molecule has 23 heavy (non-hydrogen) atoms. The second-order valence-electron chi connectivity index (χ2n) is 5.30. The first-order valence-electron chi connectivity index (χ1n) is 7.08. The van der Waals surface area contributed by atoms with E-state index in [9.17, 15) is 4.39 Å². The zero-order chi connectivity index (χ0) is 16.0. The van der Waals surface area contributed by atoms with E-state index in [1.54, 1.807) is 25.3 Å². The number of hydrogen-bond donors (Lipinski definition) is 1. The molecule has 0 bridgehead atoms. The topological polar surface area (TPSA) is 56.2 Å². The van der Waals surface area contributed by atoms with Crippen molar-refractivity contribution in [2.24, 2.45) is 0 Å². The maximum absolute atomic E-state index is 13.5. The molecule has 2 N–H and O–H groups in total. The molecule has 0 saturated heterocycles. The van der Waals surface area contributed by atoms with Crippen molar-refractivity contribution in [3.05, 3.63) is 60.3 Å². The number of aryl methyl sites for hydroxylation is 1. The van der Waals surface area contributed by atoms with Gasteiger partial charge in [0.2, 0.25) is 0 Å². The van der Waals surface area contributed by atoms with Gasteiger partial charge in [0.15, 0.2) is 5.13 Å². The maximum atomic E-state index is 13.5. The summed E-state index contributed by atoms with van der Waals surface area (Å²) in [6.07, 6.45) is 5.64. The van der Waals surface area contributed by atoms with Crippen molar-refractivity contribution in [2.75, 3.05) is 5.73 Å². The highest BCUT2D eigenvalue weighted by atomic mass is 32.1. The van der Waals surface area contributed by atoms with Crippen LogP contribution in [0.15, 0.2) is 48.9 Å². The van der Waals surface area contributed by atoms with E-state index < -0.39 is 0 Å². The Morgan fingerprint density at radius 1 is 1.17 bits per heavy atom. The number of anilines is 1. The van der Waals surface area contributed by atoms with Gasteiger partial charge in [-0.2, -0.15) is 0 Å². The van der Waals surface area contributed by atoms with Crippen molar-refractivity contribution < 1.29 is 4.39 Å². The molecular formula is C17H13FN4S. The zero-order valence-corrected chi connectivity index (χ0v) is 13.1. The highest BCUT2D eigenvalue weighted by Gasteiger charge is 2.15. The molecule has 1 aromatic carbocycles. The molecule has 0 aliphatic carbocycles. The molecule has 4 nitrogen and oxygen atoms in total. The van der Waals surface area contributed by atoms with Crippen molar-refractivity contribution in [2.45, 2.75) is 6.92 Å². The number of pyridine rings is 1. The van der Waals surface area contributed by atoms with Gasteiger partial charge in [-0.25, -0.2) is 14.4 Å². The first-order chi connectivity index (χ1) is 11.1. The van der Waals surface area contributed by atoms with Gasteiger partial charge in [0.05, 0.1) is 10.6 Å². The van der Waals surface area contributed by atoms with Gasteiger partial charge in [-0.1, -0.05) is 11.3 Å². The summed E-state index contributed by atoms with van der Waals surface area (Å²) in [5, 5.41) is 0.489. The van der Waals surface area contributed by atoms with E-state index in [1.807, 2.05) is 28.9 Å². The van der Waals surface area contributed by atoms with Gasteiger partial charge < -0.3 is 10.1 Å². The minimum Gasteiger partial charge on any atom is -0.375 e. The number of nitrogen functional groups attached to an aromatic ring is 1. The number of nitrogens with zero attached hydrogens (tertiary/aromatic N) is 3. The number of aromatic nitrogens is 3. The molecular weight excluding hydrogens is 311 g/mol. The minimum absolute atomic E-state index is 0.224. The van der Waals surface area contributed by atoms with Gasteiger partial charge in [0, 0.05) is 29.7 Å². The van der Waals surface area contributed by atoms with E-state index in [1.165, 1.54) is 17.4 Å². The summed E-state index contributed by atoms with van der Waals surface area (Å²) in [7, 11) is 0. The number of rotatable bonds is 2. The van der Waals surface area contributed by atoms with E-state index in [2.05, 4.69) is 9.97 Å². The van der Waals surface area contributed by atoms with Crippen molar-refractivity contribution >= 4 is 22.1 Å². The van der Waals surface area contributed by atoms with Crippen LogP contribution < -0.4 is 5.73 Å². The summed E-state index contributed by atoms with van der Waals surface area (Å²) in [6.45, 7) is 1.74. The monoisotopic (exact) mass is 324 g/mol. The highest BCUT2D eigenvalue weighted by molar-refractivity contribution is 7.19. The molecule has 3 heterocycles. The second-order valence-corrected chi connectivity index (χ2v) is 6.33. The molecule has 0 atom stereocenters. The quantitative estimate of drug-likeness (QED) is 0.602. The van der Waals surface area contributed by atoms with E-state index in [4.69, 9.17) is 5.73 Å². The fraction of sp³-hybridized carbons (Fsp3) is 0.0588. The lowest BCUT2D eigenvalue weighted by molar-refractivity contribution is 0.619. The number of hydrogen-bond acceptors (Lipinski definition) is 4. The van der Waals surface area contributed by atoms with Crippen molar-refractivity contribution in [1.29, 1.82) is 0 Å². The molecule has 0 unspecified atom stereocenters. The lowest BCUT2D eigenvalue weighted by atomic mass is 10.1. The Balaban J connectivity index is 1.90. The predicted octanol–water partition coefficient (Wildman–Crippen LogP) is 4.15. The third-order valence-corrected chi connectivity index (χ3v) is 4.66. The van der Waals surface area contributed by atoms with E-state index in [0.717, 1.165) is 27.3 Å². The highest BCUT2D eigenvalue weighted by Crippen LogP contribution is 2.38. The number of thiazole rings is 1. The van der Waals surface area contributed by atoms with E-state index >= 15 is 0 Å². The zero-order valence-electron chi connectivity index (χ0n) is 12.3. The van der Waals surface area contributed by atoms with E-state index in [0.29, 0.717) is 10.7 Å². The van der Waals surface area contributed by atoms with Gasteiger partial charge in [-0.15, -0.1) is 0 Å². The minimum atomic E-state index is -0.224. The average Bonchev–Trinajstić information content (AvgIpc) is 3.15. The summed E-state index contributed by atoms with van der Waals surface area (Å²) >= 11 is 1.42. The predicted molar refractivity (Wildman–Crippen MR) is 90.8 cm³/mol. The molecule has 0 aliphatic rings. The molecule has 0 amide bonds. The van der Waals surface area contributed by atoms with Gasteiger partial charge in [0.25, 0.3) is 0 Å². The summed E-state index contributed by atoms with van der Waals surface area (Å²) in [5.41, 5.74) is 10.0. The number of benzene rings is 1. The van der Waals surface area contributed by atoms with Crippen LogP contribution in [0, 0.1) is 12.7 Å². The average molecular weight is 324 g/mol. The maximum Gasteiger partial charge on any atom is 0.181 e. The molecule has 0 aliphatic heterocycles. The van der Waals surface area contributed by atoms with Crippen LogP contribution in [0.2, 0.25) is 0 Å². The molecule has 0 spiro atoms. The van der Waals surface area contributed by atoms with Crippen LogP contribution in [-0.2, 0) is 0 Å². The largest absolute Gasteiger partial charge is 0.375 e. The Bertz CT molecular complexity index is 1020. The Morgan fingerprint density at radius 2 is 2.00 bits per heavy atom. The smallest absolute Gasteiger partial charge is 0.181 e. The SMILES string of the molecule is Cc1cc(-c2nc(N)sc2-c2ccc3nccn3c2)ccc1F. The number of halogens is 1. The van der Waals surface area contributed by atoms with Crippen LogP contribution in [0.3, 0.4) is 0 Å². The standard InChI is InChI=1S/C17H13FN4S/c1-10-8-11(2-4-13(10)18)15-16(23-17(19)21-15)12-3-5-14-20-6-7-22(14)9-12/h2-9H,1H3,(H2,19,21). The summed E-state index contributed by atoms with van der Waals surface area (Å²) in [5.74, 6) is -0.224. The lowest BCUT2D eigenvalue weighted by Gasteiger charge is -2.05. The molecule has 0 saturated carbocycles. The molecule has 4 aromatic rings. The van der Waals surface area contributed by atoms with Gasteiger partial charge in [0.1, 0.15) is 11.5 Å². The van der Waals surface area contributed by atoms with Crippen LogP contribution in [0.4, 0.5) is 9.52 Å². The van der Waals surface area contributed by atoms with Gasteiger partial charge >= 0.3 is 0 Å². The normalized spacial score (nSPS) is 11.2. The Hall–Kier alpha value is -2.73. The molecule has 4 rings (SSSR count). The number of imidazole rings is 1. The Labute approximate surface area is 136 Å². The summed E-state index contributed by atoms with van der Waals surface area (Å²) < 4.78 is 15.5. The van der Waals surface area contributed by atoms with Crippen molar-refractivity contribution in [3.8, 4) is 21.7 Å². The first-order valence-corrected chi connectivity index (χ1v) is 7.89. The van der Waals surface area contributed by atoms with Crippen molar-refractivity contribution in [1.82, 2.24) is 14.4 Å². The van der Waals surface area contributed by atoms with Gasteiger partial charge in [-0.05, 0) is 42.8 Å². The Morgan fingerprint density at radius 3 is 2.83 bits per heavy atom. The van der Waals surface area contributed by atoms with Crippen molar-refractivity contribution in [3.63, 3.8) is 0 Å². The van der Waals surface area contributed by atoms with Crippen LogP contribution in [-0.4, -0.2) is 14.4 Å². The fourth-order valence-electron chi connectivity index (χ4n) is 2.57. The summed E-state index contributed by atoms with van der Waals surface area (Å²) in [6, 6.07) is 8.93. The van der Waals surface area contributed by atoms with Crippen LogP contribution >= 0.6 is 11.3 Å². The number of fused-ring (bicyclic) bond motifs is 1. The van der Waals surface area contributed by atoms with Crippen LogP contribution in [0.25, 0.3) is 27.3 Å². The fourth-order valence-corrected chi connectivity index (χ4v) is 3.42. The van der Waals surface area contributed by atoms with Gasteiger partial charge in [-0.3, -0.25) is 0 Å². The third kappa shape index (κ3) is 2.37. The van der Waals surface area contributed by atoms with E-state index in [-0.39, 0.29) is 5.82 Å². The summed E-state index contributed by atoms with van der Waals surface area (Å²) in [4.78, 5) is 9.65. The molecule has 0 fully saturated rings. The first kappa shape index (κ1) is 13.9.